The van der Waals surface area contributed by atoms with Crippen molar-refractivity contribution in [2.75, 3.05) is 11.9 Å². The summed E-state index contributed by atoms with van der Waals surface area (Å²) in [5.74, 6) is 0.175. The van der Waals surface area contributed by atoms with E-state index in [2.05, 4.69) is 29.5 Å². The van der Waals surface area contributed by atoms with Gasteiger partial charge >= 0.3 is 5.69 Å². The molecule has 1 unspecified atom stereocenters. The molecule has 0 spiro atoms. The molecule has 0 saturated heterocycles. The normalized spacial score (nSPS) is 12.1. The molecule has 0 aliphatic heterocycles. The molecule has 152 valence electrons. The average molecular weight is 394 g/mol. The zero-order valence-corrected chi connectivity index (χ0v) is 16.6. The molecule has 7 nitrogen and oxygen atoms in total. The van der Waals surface area contributed by atoms with Gasteiger partial charge in [-0.15, -0.1) is 0 Å². The summed E-state index contributed by atoms with van der Waals surface area (Å²) in [5, 5.41) is 6.81. The SMILES string of the molecule is CC(C)C(CNC(=O)CCn1c(=O)[nH]c(=O)c2ccccc21)Nc1ccccc1. The third-order valence-corrected chi connectivity index (χ3v) is 4.92. The van der Waals surface area contributed by atoms with Gasteiger partial charge in [-0.3, -0.25) is 19.1 Å². The molecule has 0 radical (unpaired) electrons. The molecule has 1 atom stereocenters. The van der Waals surface area contributed by atoms with Crippen molar-refractivity contribution in [2.45, 2.75) is 32.9 Å². The lowest BCUT2D eigenvalue weighted by Gasteiger charge is -2.24. The Bertz CT molecular complexity index is 1090. The summed E-state index contributed by atoms with van der Waals surface area (Å²) in [6, 6.07) is 16.8. The van der Waals surface area contributed by atoms with Crippen LogP contribution in [0.2, 0.25) is 0 Å². The number of nitrogens with zero attached hydrogens (tertiary/aromatic N) is 1. The first kappa shape index (κ1) is 20.4. The minimum Gasteiger partial charge on any atom is -0.380 e. The molecule has 0 bridgehead atoms. The molecule has 7 heteroatoms. The van der Waals surface area contributed by atoms with Crippen LogP contribution in [-0.2, 0) is 11.3 Å². The summed E-state index contributed by atoms with van der Waals surface area (Å²) < 4.78 is 1.43. The Kier molecular flexibility index (Phi) is 6.49. The van der Waals surface area contributed by atoms with E-state index in [9.17, 15) is 14.4 Å². The van der Waals surface area contributed by atoms with E-state index in [1.807, 2.05) is 30.3 Å². The Morgan fingerprint density at radius 2 is 1.72 bits per heavy atom. The third-order valence-electron chi connectivity index (χ3n) is 4.92. The van der Waals surface area contributed by atoms with Gasteiger partial charge in [-0.2, -0.15) is 0 Å². The van der Waals surface area contributed by atoms with Gasteiger partial charge in [0, 0.05) is 31.2 Å². The van der Waals surface area contributed by atoms with Gasteiger partial charge in [-0.1, -0.05) is 44.2 Å². The molecule has 1 aromatic heterocycles. The number of rotatable bonds is 8. The van der Waals surface area contributed by atoms with Gasteiger partial charge in [0.2, 0.25) is 5.91 Å². The molecule has 0 aliphatic rings. The molecule has 3 N–H and O–H groups in total. The molecule has 0 aliphatic carbocycles. The van der Waals surface area contributed by atoms with Gasteiger partial charge in [0.25, 0.3) is 5.56 Å². The van der Waals surface area contributed by atoms with Crippen molar-refractivity contribution >= 4 is 22.5 Å². The van der Waals surface area contributed by atoms with Crippen LogP contribution in [0.25, 0.3) is 10.9 Å². The maximum absolute atomic E-state index is 12.4. The van der Waals surface area contributed by atoms with Crippen LogP contribution >= 0.6 is 0 Å². The number of para-hydroxylation sites is 2. The van der Waals surface area contributed by atoms with E-state index in [1.54, 1.807) is 24.3 Å². The van der Waals surface area contributed by atoms with Gasteiger partial charge in [-0.05, 0) is 30.2 Å². The molecule has 0 saturated carbocycles. The van der Waals surface area contributed by atoms with Crippen LogP contribution in [-0.4, -0.2) is 28.0 Å². The number of hydrogen-bond donors (Lipinski definition) is 3. The first-order chi connectivity index (χ1) is 14.0. The highest BCUT2D eigenvalue weighted by molar-refractivity contribution is 5.78. The first-order valence-electron chi connectivity index (χ1n) is 9.76. The number of aromatic nitrogens is 2. The molecule has 29 heavy (non-hydrogen) atoms. The van der Waals surface area contributed by atoms with Crippen molar-refractivity contribution in [1.29, 1.82) is 0 Å². The van der Waals surface area contributed by atoms with Crippen LogP contribution in [0.5, 0.6) is 0 Å². The zero-order chi connectivity index (χ0) is 20.8. The number of benzene rings is 2. The van der Waals surface area contributed by atoms with Gasteiger partial charge in [0.05, 0.1) is 10.9 Å². The lowest BCUT2D eigenvalue weighted by molar-refractivity contribution is -0.121. The van der Waals surface area contributed by atoms with Gasteiger partial charge in [0.15, 0.2) is 0 Å². The van der Waals surface area contributed by atoms with E-state index >= 15 is 0 Å². The second-order valence-electron chi connectivity index (χ2n) is 7.34. The fourth-order valence-electron chi connectivity index (χ4n) is 3.19. The van der Waals surface area contributed by atoms with Crippen molar-refractivity contribution in [3.05, 3.63) is 75.4 Å². The van der Waals surface area contributed by atoms with Crippen LogP contribution in [0, 0.1) is 5.92 Å². The van der Waals surface area contributed by atoms with Crippen molar-refractivity contribution < 1.29 is 4.79 Å². The number of aryl methyl sites for hydroxylation is 1. The van der Waals surface area contributed by atoms with E-state index in [4.69, 9.17) is 0 Å². The number of anilines is 1. The van der Waals surface area contributed by atoms with Crippen molar-refractivity contribution in [3.63, 3.8) is 0 Å². The highest BCUT2D eigenvalue weighted by atomic mass is 16.2. The maximum Gasteiger partial charge on any atom is 0.328 e. The van der Waals surface area contributed by atoms with Crippen LogP contribution in [0.1, 0.15) is 20.3 Å². The van der Waals surface area contributed by atoms with E-state index in [1.165, 1.54) is 4.57 Å². The Morgan fingerprint density at radius 3 is 2.45 bits per heavy atom. The molecule has 1 amide bonds. The summed E-state index contributed by atoms with van der Waals surface area (Å²) in [6.07, 6.45) is 0.145. The minimum atomic E-state index is -0.507. The summed E-state index contributed by atoms with van der Waals surface area (Å²) in [7, 11) is 0. The number of hydrogen-bond acceptors (Lipinski definition) is 4. The number of nitrogens with one attached hydrogen (secondary N) is 3. The highest BCUT2D eigenvalue weighted by Crippen LogP contribution is 2.12. The van der Waals surface area contributed by atoms with Crippen LogP contribution in [0.4, 0.5) is 5.69 Å². The predicted molar refractivity (Wildman–Crippen MR) is 115 cm³/mol. The molecule has 1 heterocycles. The second kappa shape index (κ2) is 9.23. The molecular formula is C22H26N4O3. The van der Waals surface area contributed by atoms with Gasteiger partial charge in [-0.25, -0.2) is 4.79 Å². The van der Waals surface area contributed by atoms with Crippen molar-refractivity contribution in [1.82, 2.24) is 14.9 Å². The summed E-state index contributed by atoms with van der Waals surface area (Å²) >= 11 is 0. The minimum absolute atomic E-state index is 0.0815. The average Bonchev–Trinajstić information content (AvgIpc) is 2.71. The first-order valence-corrected chi connectivity index (χ1v) is 9.76. The van der Waals surface area contributed by atoms with E-state index in [0.717, 1.165) is 5.69 Å². The molecule has 3 rings (SSSR count). The van der Waals surface area contributed by atoms with Gasteiger partial charge < -0.3 is 10.6 Å². The van der Waals surface area contributed by atoms with Crippen LogP contribution in [0.3, 0.4) is 0 Å². The molecule has 2 aromatic carbocycles. The standard InChI is InChI=1S/C22H26N4O3/c1-15(2)18(24-16-8-4-3-5-9-16)14-23-20(27)12-13-26-19-11-7-6-10-17(19)21(28)25-22(26)29/h3-11,15,18,24H,12-14H2,1-2H3,(H,23,27)(H,25,28,29). The van der Waals surface area contributed by atoms with E-state index in [0.29, 0.717) is 23.4 Å². The lowest BCUT2D eigenvalue weighted by atomic mass is 10.0. The number of fused-ring (bicyclic) bond motifs is 1. The van der Waals surface area contributed by atoms with Crippen molar-refractivity contribution in [2.24, 2.45) is 5.92 Å². The fourth-order valence-corrected chi connectivity index (χ4v) is 3.19. The van der Waals surface area contributed by atoms with Crippen molar-refractivity contribution in [3.8, 4) is 0 Å². The highest BCUT2D eigenvalue weighted by Gasteiger charge is 2.15. The Hall–Kier alpha value is -3.35. The monoisotopic (exact) mass is 394 g/mol. The molecule has 0 fully saturated rings. The smallest absolute Gasteiger partial charge is 0.328 e. The van der Waals surface area contributed by atoms with Gasteiger partial charge in [0.1, 0.15) is 0 Å². The summed E-state index contributed by atoms with van der Waals surface area (Å²) in [5.41, 5.74) is 0.608. The number of H-pyrrole nitrogens is 1. The lowest BCUT2D eigenvalue weighted by Crippen LogP contribution is -2.40. The third kappa shape index (κ3) is 5.13. The summed E-state index contributed by atoms with van der Waals surface area (Å²) in [6.45, 7) is 4.87. The number of carbonyl (C=O) groups is 1. The number of aromatic amines is 1. The molecular weight excluding hydrogens is 368 g/mol. The topological polar surface area (TPSA) is 96.0 Å². The zero-order valence-electron chi connectivity index (χ0n) is 16.6. The second-order valence-corrected chi connectivity index (χ2v) is 7.34. The Morgan fingerprint density at radius 1 is 1.03 bits per heavy atom. The molecule has 3 aromatic rings. The largest absolute Gasteiger partial charge is 0.380 e. The fraction of sp³-hybridized carbons (Fsp3) is 0.318. The van der Waals surface area contributed by atoms with Crippen LogP contribution in [0.15, 0.2) is 64.2 Å². The van der Waals surface area contributed by atoms with E-state index < -0.39 is 11.2 Å². The number of carbonyl (C=O) groups excluding carboxylic acids is 1. The van der Waals surface area contributed by atoms with E-state index in [-0.39, 0.29) is 24.9 Å². The Labute approximate surface area is 168 Å². The van der Waals surface area contributed by atoms with Crippen LogP contribution < -0.4 is 21.9 Å². The quantitative estimate of drug-likeness (QED) is 0.546. The number of amides is 1. The predicted octanol–water partition coefficient (Wildman–Crippen LogP) is 2.33. The Balaban J connectivity index is 1.62. The summed E-state index contributed by atoms with van der Waals surface area (Å²) in [4.78, 5) is 38.8. The maximum atomic E-state index is 12.4.